The first-order valence-electron chi connectivity index (χ1n) is 9.32. The number of hydrogen-bond acceptors (Lipinski definition) is 5. The number of para-hydroxylation sites is 1. The molecule has 1 aliphatic rings. The van der Waals surface area contributed by atoms with E-state index in [2.05, 4.69) is 10.8 Å². The van der Waals surface area contributed by atoms with Crippen LogP contribution in [0.5, 0.6) is 11.5 Å². The second kappa shape index (κ2) is 8.32. The summed E-state index contributed by atoms with van der Waals surface area (Å²) in [7, 11) is 1.35. The minimum absolute atomic E-state index is 0.0925. The standard InChI is InChI=1S/C21H20F2N2O3S/c1-27-17-11-13(8-9-16(17)28-21(22)23)20(26)25-10-4-5-14(12-25)19-24-15-6-2-3-7-18(15)29-19/h2-3,6-9,11,14,21H,4-5,10,12H2,1H3/t14-/m1/s1. The number of rotatable bonds is 5. The van der Waals surface area contributed by atoms with Gasteiger partial charge in [-0.1, -0.05) is 12.1 Å². The van der Waals surface area contributed by atoms with Gasteiger partial charge in [-0.2, -0.15) is 8.78 Å². The highest BCUT2D eigenvalue weighted by molar-refractivity contribution is 7.18. The summed E-state index contributed by atoms with van der Waals surface area (Å²) in [4.78, 5) is 19.6. The lowest BCUT2D eigenvalue weighted by atomic mass is 9.98. The minimum atomic E-state index is -2.96. The molecule has 1 saturated heterocycles. The Morgan fingerprint density at radius 3 is 2.83 bits per heavy atom. The molecule has 29 heavy (non-hydrogen) atoms. The molecule has 1 fully saturated rings. The molecule has 5 nitrogen and oxygen atoms in total. The topological polar surface area (TPSA) is 51.7 Å². The lowest BCUT2D eigenvalue weighted by Gasteiger charge is -2.32. The van der Waals surface area contributed by atoms with Gasteiger partial charge in [0.1, 0.15) is 0 Å². The van der Waals surface area contributed by atoms with Crippen molar-refractivity contribution in [3.05, 3.63) is 53.0 Å². The Morgan fingerprint density at radius 1 is 1.24 bits per heavy atom. The van der Waals surface area contributed by atoms with E-state index in [1.54, 1.807) is 16.2 Å². The van der Waals surface area contributed by atoms with Crippen molar-refractivity contribution in [3.8, 4) is 11.5 Å². The maximum atomic E-state index is 13.0. The number of carbonyl (C=O) groups excluding carboxylic acids is 1. The second-order valence-electron chi connectivity index (χ2n) is 6.85. The average molecular weight is 418 g/mol. The highest BCUT2D eigenvalue weighted by Gasteiger charge is 2.28. The van der Waals surface area contributed by atoms with Crippen LogP contribution in [0.3, 0.4) is 0 Å². The summed E-state index contributed by atoms with van der Waals surface area (Å²) in [6.07, 6.45) is 1.87. The third-order valence-electron chi connectivity index (χ3n) is 4.99. The van der Waals surface area contributed by atoms with Gasteiger partial charge in [-0.3, -0.25) is 4.79 Å². The number of piperidine rings is 1. The molecule has 0 spiro atoms. The summed E-state index contributed by atoms with van der Waals surface area (Å²) in [5, 5.41) is 1.04. The van der Waals surface area contributed by atoms with E-state index in [4.69, 9.17) is 9.72 Å². The minimum Gasteiger partial charge on any atom is -0.493 e. The van der Waals surface area contributed by atoms with Gasteiger partial charge in [-0.05, 0) is 43.2 Å². The molecule has 0 aliphatic carbocycles. The average Bonchev–Trinajstić information content (AvgIpc) is 3.17. The van der Waals surface area contributed by atoms with Crippen molar-refractivity contribution in [2.24, 2.45) is 0 Å². The quantitative estimate of drug-likeness (QED) is 0.590. The number of hydrogen-bond donors (Lipinski definition) is 0. The van der Waals surface area contributed by atoms with E-state index in [-0.39, 0.29) is 23.3 Å². The predicted molar refractivity (Wildman–Crippen MR) is 107 cm³/mol. The first kappa shape index (κ1) is 19.6. The molecule has 0 N–H and O–H groups in total. The van der Waals surface area contributed by atoms with Gasteiger partial charge in [0.2, 0.25) is 0 Å². The number of fused-ring (bicyclic) bond motifs is 1. The molecule has 2 aromatic carbocycles. The molecule has 0 unspecified atom stereocenters. The first-order chi connectivity index (χ1) is 14.0. The Balaban J connectivity index is 1.52. The summed E-state index contributed by atoms with van der Waals surface area (Å²) < 4.78 is 35.7. The van der Waals surface area contributed by atoms with Crippen molar-refractivity contribution in [2.45, 2.75) is 25.4 Å². The van der Waals surface area contributed by atoms with Crippen LogP contribution < -0.4 is 9.47 Å². The van der Waals surface area contributed by atoms with Crippen molar-refractivity contribution in [1.82, 2.24) is 9.88 Å². The number of thiazole rings is 1. The normalized spacial score (nSPS) is 17.0. The van der Waals surface area contributed by atoms with Crippen LogP contribution in [0.25, 0.3) is 10.2 Å². The van der Waals surface area contributed by atoms with E-state index in [1.807, 2.05) is 18.2 Å². The number of ether oxygens (including phenoxy) is 2. The molecule has 0 saturated carbocycles. The van der Waals surface area contributed by atoms with Crippen molar-refractivity contribution < 1.29 is 23.0 Å². The largest absolute Gasteiger partial charge is 0.493 e. The Kier molecular flexibility index (Phi) is 5.62. The van der Waals surface area contributed by atoms with Crippen LogP contribution in [0.2, 0.25) is 0 Å². The maximum absolute atomic E-state index is 13.0. The Hall–Kier alpha value is -2.74. The third kappa shape index (κ3) is 4.17. The molecule has 152 valence electrons. The lowest BCUT2D eigenvalue weighted by Crippen LogP contribution is -2.39. The van der Waals surface area contributed by atoms with Crippen LogP contribution in [-0.2, 0) is 0 Å². The monoisotopic (exact) mass is 418 g/mol. The van der Waals surface area contributed by atoms with Crippen LogP contribution in [0.1, 0.15) is 34.1 Å². The zero-order chi connectivity index (χ0) is 20.4. The first-order valence-corrected chi connectivity index (χ1v) is 10.1. The summed E-state index contributed by atoms with van der Waals surface area (Å²) in [5.74, 6) is 0.0482. The second-order valence-corrected chi connectivity index (χ2v) is 7.92. The molecule has 3 aromatic rings. The zero-order valence-electron chi connectivity index (χ0n) is 15.8. The van der Waals surface area contributed by atoms with Gasteiger partial charge in [0, 0.05) is 24.6 Å². The van der Waals surface area contributed by atoms with Crippen LogP contribution in [-0.4, -0.2) is 42.6 Å². The van der Waals surface area contributed by atoms with Gasteiger partial charge in [0.15, 0.2) is 11.5 Å². The predicted octanol–water partition coefficient (Wildman–Crippen LogP) is 4.93. The summed E-state index contributed by atoms with van der Waals surface area (Å²) in [6.45, 7) is -1.73. The van der Waals surface area contributed by atoms with Crippen LogP contribution >= 0.6 is 11.3 Å². The van der Waals surface area contributed by atoms with Crippen LogP contribution in [0.15, 0.2) is 42.5 Å². The smallest absolute Gasteiger partial charge is 0.387 e. The van der Waals surface area contributed by atoms with E-state index in [9.17, 15) is 13.6 Å². The molecule has 1 aromatic heterocycles. The molecule has 1 aliphatic heterocycles. The van der Waals surface area contributed by atoms with Gasteiger partial charge in [0.25, 0.3) is 5.91 Å². The number of amides is 1. The molecular formula is C21H20F2N2O3S. The van der Waals surface area contributed by atoms with Gasteiger partial charge < -0.3 is 14.4 Å². The van der Waals surface area contributed by atoms with E-state index < -0.39 is 6.61 Å². The number of methoxy groups -OCH3 is 1. The van der Waals surface area contributed by atoms with Gasteiger partial charge >= 0.3 is 6.61 Å². The molecular weight excluding hydrogens is 398 g/mol. The molecule has 0 bridgehead atoms. The van der Waals surface area contributed by atoms with Crippen molar-refractivity contribution in [3.63, 3.8) is 0 Å². The molecule has 0 radical (unpaired) electrons. The van der Waals surface area contributed by atoms with Crippen molar-refractivity contribution >= 4 is 27.5 Å². The number of benzene rings is 2. The fraction of sp³-hybridized carbons (Fsp3) is 0.333. The summed E-state index contributed by atoms with van der Waals surface area (Å²) in [6, 6.07) is 12.3. The summed E-state index contributed by atoms with van der Waals surface area (Å²) in [5.41, 5.74) is 1.36. The van der Waals surface area contributed by atoms with E-state index >= 15 is 0 Å². The van der Waals surface area contributed by atoms with Crippen LogP contribution in [0, 0.1) is 0 Å². The Labute approximate surface area is 170 Å². The van der Waals surface area contributed by atoms with Gasteiger partial charge in [0.05, 0.1) is 22.3 Å². The maximum Gasteiger partial charge on any atom is 0.387 e. The number of halogens is 2. The number of likely N-dealkylation sites (tertiary alicyclic amines) is 1. The van der Waals surface area contributed by atoms with E-state index in [1.165, 1.54) is 25.3 Å². The van der Waals surface area contributed by atoms with E-state index in [0.717, 1.165) is 28.1 Å². The highest BCUT2D eigenvalue weighted by Crippen LogP contribution is 2.34. The number of nitrogens with zero attached hydrogens (tertiary/aromatic N) is 2. The molecule has 1 amide bonds. The van der Waals surface area contributed by atoms with Crippen molar-refractivity contribution in [1.29, 1.82) is 0 Å². The fourth-order valence-corrected chi connectivity index (χ4v) is 4.70. The third-order valence-corrected chi connectivity index (χ3v) is 6.19. The lowest BCUT2D eigenvalue weighted by molar-refractivity contribution is -0.0512. The van der Waals surface area contributed by atoms with Gasteiger partial charge in [-0.15, -0.1) is 11.3 Å². The van der Waals surface area contributed by atoms with Crippen LogP contribution in [0.4, 0.5) is 8.78 Å². The van der Waals surface area contributed by atoms with Crippen molar-refractivity contribution in [2.75, 3.05) is 20.2 Å². The molecule has 2 heterocycles. The van der Waals surface area contributed by atoms with Gasteiger partial charge in [-0.25, -0.2) is 4.98 Å². The highest BCUT2D eigenvalue weighted by atomic mass is 32.1. The number of alkyl halides is 2. The molecule has 1 atom stereocenters. The molecule has 8 heteroatoms. The zero-order valence-corrected chi connectivity index (χ0v) is 16.6. The number of carbonyl (C=O) groups is 1. The molecule has 4 rings (SSSR count). The fourth-order valence-electron chi connectivity index (χ4n) is 3.60. The number of aromatic nitrogens is 1. The Morgan fingerprint density at radius 2 is 2.07 bits per heavy atom. The van der Waals surface area contributed by atoms with E-state index in [0.29, 0.717) is 18.7 Å². The Bertz CT molecular complexity index is 991. The summed E-state index contributed by atoms with van der Waals surface area (Å²) >= 11 is 1.67. The SMILES string of the molecule is COc1cc(C(=O)N2CCC[C@@H](c3nc4ccccc4s3)C2)ccc1OC(F)F.